The van der Waals surface area contributed by atoms with Crippen LogP contribution < -0.4 is 4.74 Å². The van der Waals surface area contributed by atoms with Gasteiger partial charge in [0.2, 0.25) is 5.91 Å². The van der Waals surface area contributed by atoms with Crippen LogP contribution in [0.5, 0.6) is 5.75 Å². The van der Waals surface area contributed by atoms with Crippen molar-refractivity contribution < 1.29 is 9.53 Å². The minimum Gasteiger partial charge on any atom is -0.487 e. The maximum atomic E-state index is 12.8. The molecule has 1 aliphatic rings. The topological polar surface area (TPSA) is 55.3 Å². The molecule has 1 aliphatic heterocycles. The van der Waals surface area contributed by atoms with E-state index in [1.54, 1.807) is 28.7 Å². The predicted molar refractivity (Wildman–Crippen MR) is 117 cm³/mol. The number of benzene rings is 1. The van der Waals surface area contributed by atoms with Gasteiger partial charge in [0.15, 0.2) is 0 Å². The van der Waals surface area contributed by atoms with E-state index in [0.717, 1.165) is 53.0 Å². The van der Waals surface area contributed by atoms with Gasteiger partial charge < -0.3 is 9.64 Å². The fourth-order valence-corrected chi connectivity index (χ4v) is 4.82. The van der Waals surface area contributed by atoms with E-state index in [1.807, 2.05) is 59.1 Å². The van der Waals surface area contributed by atoms with Crippen LogP contribution in [0.2, 0.25) is 0 Å². The van der Waals surface area contributed by atoms with E-state index in [4.69, 9.17) is 4.74 Å². The maximum absolute atomic E-state index is 12.8. The summed E-state index contributed by atoms with van der Waals surface area (Å²) < 4.78 is 5.94. The van der Waals surface area contributed by atoms with Crippen molar-refractivity contribution in [1.82, 2.24) is 14.9 Å². The van der Waals surface area contributed by atoms with Gasteiger partial charge in [-0.15, -0.1) is 22.7 Å². The first-order valence-electron chi connectivity index (χ1n) is 9.68. The van der Waals surface area contributed by atoms with E-state index in [2.05, 4.69) is 9.97 Å². The zero-order valence-corrected chi connectivity index (χ0v) is 17.9. The van der Waals surface area contributed by atoms with Gasteiger partial charge in [-0.05, 0) is 31.9 Å². The van der Waals surface area contributed by atoms with Crippen molar-refractivity contribution in [3.63, 3.8) is 0 Å². The molecule has 29 heavy (non-hydrogen) atoms. The number of carbonyl (C=O) groups is 1. The number of carbonyl (C=O) groups excluding carboxylic acids is 1. The molecule has 1 atom stereocenters. The largest absolute Gasteiger partial charge is 0.487 e. The second kappa shape index (κ2) is 9.33. The molecule has 3 aromatic rings. The molecule has 0 N–H and O–H groups in total. The second-order valence-corrected chi connectivity index (χ2v) is 9.00. The van der Waals surface area contributed by atoms with Gasteiger partial charge in [0.25, 0.3) is 0 Å². The number of nitrogens with zero attached hydrogens (tertiary/aromatic N) is 3. The highest BCUT2D eigenvalue weighted by Crippen LogP contribution is 2.28. The smallest absolute Gasteiger partial charge is 0.246 e. The molecule has 1 unspecified atom stereocenters. The summed E-state index contributed by atoms with van der Waals surface area (Å²) >= 11 is 3.29. The van der Waals surface area contributed by atoms with Crippen LogP contribution in [0, 0.1) is 6.92 Å². The van der Waals surface area contributed by atoms with Crippen molar-refractivity contribution in [1.29, 1.82) is 0 Å². The second-order valence-electron chi connectivity index (χ2n) is 7.01. The van der Waals surface area contributed by atoms with Gasteiger partial charge in [-0.1, -0.05) is 18.2 Å². The molecule has 1 aromatic carbocycles. The minimum absolute atomic E-state index is 0.0381. The number of rotatable bonds is 6. The summed E-state index contributed by atoms with van der Waals surface area (Å²) in [6, 6.07) is 7.76. The Morgan fingerprint density at radius 3 is 3.03 bits per heavy atom. The van der Waals surface area contributed by atoms with Crippen molar-refractivity contribution in [2.75, 3.05) is 13.1 Å². The predicted octanol–water partition coefficient (Wildman–Crippen LogP) is 4.91. The van der Waals surface area contributed by atoms with Crippen molar-refractivity contribution in [2.24, 2.45) is 0 Å². The molecule has 0 aliphatic carbocycles. The van der Waals surface area contributed by atoms with E-state index < -0.39 is 0 Å². The highest BCUT2D eigenvalue weighted by atomic mass is 32.1. The first-order chi connectivity index (χ1) is 14.2. The average molecular weight is 426 g/mol. The Labute approximate surface area is 178 Å². The Bertz CT molecular complexity index is 982. The normalized spacial score (nSPS) is 17.0. The SMILES string of the molecule is Cc1nc(COc2ccccc2/C=C/C(=O)N2CCCC(c3nccs3)C2)cs1. The summed E-state index contributed by atoms with van der Waals surface area (Å²) in [7, 11) is 0. The van der Waals surface area contributed by atoms with Crippen LogP contribution in [0.25, 0.3) is 6.08 Å². The average Bonchev–Trinajstić information content (AvgIpc) is 3.43. The van der Waals surface area contributed by atoms with Gasteiger partial charge in [-0.25, -0.2) is 9.97 Å². The van der Waals surface area contributed by atoms with Crippen molar-refractivity contribution in [3.05, 3.63) is 68.6 Å². The molecule has 150 valence electrons. The van der Waals surface area contributed by atoms with Crippen molar-refractivity contribution in [2.45, 2.75) is 32.3 Å². The highest BCUT2D eigenvalue weighted by Gasteiger charge is 2.25. The third-order valence-corrected chi connectivity index (χ3v) is 6.66. The minimum atomic E-state index is 0.0381. The number of amides is 1. The standard InChI is InChI=1S/C22H23N3O2S2/c1-16-24-19(15-29-16)14-27-20-7-3-2-5-17(20)8-9-21(26)25-11-4-6-18(13-25)22-23-10-12-28-22/h2-3,5,7-10,12,15,18H,4,6,11,13-14H2,1H3/b9-8+. The number of ether oxygens (including phenoxy) is 1. The fraction of sp³-hybridized carbons (Fsp3) is 0.318. The molecule has 4 rings (SSSR count). The number of likely N-dealkylation sites (tertiary alicyclic amines) is 1. The van der Waals surface area contributed by atoms with Crippen LogP contribution in [0.1, 0.15) is 40.0 Å². The van der Waals surface area contributed by atoms with Gasteiger partial charge in [0, 0.05) is 47.6 Å². The molecule has 0 spiro atoms. The molecular weight excluding hydrogens is 402 g/mol. The molecular formula is C22H23N3O2S2. The fourth-order valence-electron chi connectivity index (χ4n) is 3.46. The lowest BCUT2D eigenvalue weighted by Crippen LogP contribution is -2.38. The monoisotopic (exact) mass is 425 g/mol. The number of hydrogen-bond donors (Lipinski definition) is 0. The van der Waals surface area contributed by atoms with Crippen molar-refractivity contribution >= 4 is 34.7 Å². The van der Waals surface area contributed by atoms with Crippen LogP contribution in [0.4, 0.5) is 0 Å². The first-order valence-corrected chi connectivity index (χ1v) is 11.4. The van der Waals surface area contributed by atoms with Crippen LogP contribution in [0.3, 0.4) is 0 Å². The van der Waals surface area contributed by atoms with Crippen molar-refractivity contribution in [3.8, 4) is 5.75 Å². The number of aryl methyl sites for hydroxylation is 1. The van der Waals surface area contributed by atoms with E-state index in [1.165, 1.54) is 0 Å². The lowest BCUT2D eigenvalue weighted by Gasteiger charge is -2.31. The summed E-state index contributed by atoms with van der Waals surface area (Å²) in [5.41, 5.74) is 1.81. The van der Waals surface area contributed by atoms with Crippen LogP contribution in [0.15, 0.2) is 47.3 Å². The van der Waals surface area contributed by atoms with E-state index in [9.17, 15) is 4.79 Å². The summed E-state index contributed by atoms with van der Waals surface area (Å²) in [5, 5.41) is 6.16. The molecule has 5 nitrogen and oxygen atoms in total. The molecule has 7 heteroatoms. The lowest BCUT2D eigenvalue weighted by molar-refractivity contribution is -0.127. The third kappa shape index (κ3) is 5.10. The zero-order chi connectivity index (χ0) is 20.1. The molecule has 2 aromatic heterocycles. The van der Waals surface area contributed by atoms with Gasteiger partial charge in [-0.3, -0.25) is 4.79 Å². The van der Waals surface area contributed by atoms with Gasteiger partial charge >= 0.3 is 0 Å². The summed E-state index contributed by atoms with van der Waals surface area (Å²) in [6.45, 7) is 3.94. The van der Waals surface area contributed by atoms with E-state index >= 15 is 0 Å². The number of piperidine rings is 1. The molecule has 1 saturated heterocycles. The maximum Gasteiger partial charge on any atom is 0.246 e. The summed E-state index contributed by atoms with van der Waals surface area (Å²) in [4.78, 5) is 23.5. The molecule has 0 bridgehead atoms. The highest BCUT2D eigenvalue weighted by molar-refractivity contribution is 7.09. The van der Waals surface area contributed by atoms with Crippen LogP contribution in [-0.4, -0.2) is 33.9 Å². The number of hydrogen-bond acceptors (Lipinski definition) is 6. The quantitative estimate of drug-likeness (QED) is 0.527. The number of para-hydroxylation sites is 1. The third-order valence-electron chi connectivity index (χ3n) is 4.90. The lowest BCUT2D eigenvalue weighted by atomic mass is 9.98. The Kier molecular flexibility index (Phi) is 6.36. The Morgan fingerprint density at radius 2 is 2.24 bits per heavy atom. The van der Waals surface area contributed by atoms with Gasteiger partial charge in [0.05, 0.1) is 15.7 Å². The number of aromatic nitrogens is 2. The molecule has 3 heterocycles. The van der Waals surface area contributed by atoms with E-state index in [0.29, 0.717) is 12.5 Å². The zero-order valence-electron chi connectivity index (χ0n) is 16.3. The number of thiazole rings is 2. The van der Waals surface area contributed by atoms with Crippen LogP contribution in [-0.2, 0) is 11.4 Å². The Morgan fingerprint density at radius 1 is 1.34 bits per heavy atom. The molecule has 0 radical (unpaired) electrons. The summed E-state index contributed by atoms with van der Waals surface area (Å²) in [5.74, 6) is 1.14. The van der Waals surface area contributed by atoms with Gasteiger partial charge in [-0.2, -0.15) is 0 Å². The molecule has 1 fully saturated rings. The Balaban J connectivity index is 1.40. The van der Waals surface area contributed by atoms with E-state index in [-0.39, 0.29) is 5.91 Å². The van der Waals surface area contributed by atoms with Crippen LogP contribution >= 0.6 is 22.7 Å². The first kappa shape index (κ1) is 19.8. The van der Waals surface area contributed by atoms with Gasteiger partial charge in [0.1, 0.15) is 12.4 Å². The molecule has 1 amide bonds. The summed E-state index contributed by atoms with van der Waals surface area (Å²) in [6.07, 6.45) is 7.44. The Hall–Kier alpha value is -2.51. The molecule has 0 saturated carbocycles.